The van der Waals surface area contributed by atoms with Crippen molar-refractivity contribution < 1.29 is 0 Å². The predicted octanol–water partition coefficient (Wildman–Crippen LogP) is 2.57. The fraction of sp³-hybridized carbons (Fsp3) is 0.571. The summed E-state index contributed by atoms with van der Waals surface area (Å²) in [7, 11) is 2.19. The Labute approximate surface area is 98.7 Å². The summed E-state index contributed by atoms with van der Waals surface area (Å²) in [5.74, 6) is 0. The molecule has 1 aliphatic heterocycles. The molecule has 1 unspecified atom stereocenters. The number of hydrogen-bond acceptors (Lipinski definition) is 2. The molecule has 1 heterocycles. The highest BCUT2D eigenvalue weighted by molar-refractivity contribution is 5.48. The maximum Gasteiger partial charge on any atom is 0.0428 e. The van der Waals surface area contributed by atoms with E-state index in [2.05, 4.69) is 62.3 Å². The molecule has 88 valence electrons. The monoisotopic (exact) mass is 218 g/mol. The fourth-order valence-corrected chi connectivity index (χ4v) is 2.39. The van der Waals surface area contributed by atoms with Crippen molar-refractivity contribution in [3.05, 3.63) is 29.8 Å². The average molecular weight is 218 g/mol. The van der Waals surface area contributed by atoms with Crippen molar-refractivity contribution in [2.24, 2.45) is 0 Å². The van der Waals surface area contributed by atoms with Crippen LogP contribution in [0, 0.1) is 6.92 Å². The second kappa shape index (κ2) is 4.10. The zero-order chi connectivity index (χ0) is 11.8. The van der Waals surface area contributed by atoms with E-state index in [-0.39, 0.29) is 5.54 Å². The first-order valence-electron chi connectivity index (χ1n) is 6.02. The van der Waals surface area contributed by atoms with E-state index < -0.39 is 0 Å². The van der Waals surface area contributed by atoms with Crippen LogP contribution in [-0.2, 0) is 0 Å². The predicted molar refractivity (Wildman–Crippen MR) is 70.1 cm³/mol. The lowest BCUT2D eigenvalue weighted by Crippen LogP contribution is -2.33. The van der Waals surface area contributed by atoms with Gasteiger partial charge in [0, 0.05) is 30.9 Å². The Morgan fingerprint density at radius 1 is 1.25 bits per heavy atom. The molecule has 1 saturated heterocycles. The molecule has 0 aromatic heterocycles. The third kappa shape index (κ3) is 2.38. The Morgan fingerprint density at radius 3 is 2.38 bits per heavy atom. The Balaban J connectivity index is 2.08. The molecule has 1 atom stereocenters. The van der Waals surface area contributed by atoms with Gasteiger partial charge < -0.3 is 10.2 Å². The van der Waals surface area contributed by atoms with Crippen LogP contribution in [0.15, 0.2) is 24.3 Å². The van der Waals surface area contributed by atoms with Crippen LogP contribution < -0.4 is 10.2 Å². The molecule has 1 fully saturated rings. The van der Waals surface area contributed by atoms with Gasteiger partial charge in [-0.1, -0.05) is 17.7 Å². The summed E-state index contributed by atoms with van der Waals surface area (Å²) < 4.78 is 0. The first kappa shape index (κ1) is 11.5. The summed E-state index contributed by atoms with van der Waals surface area (Å²) >= 11 is 0. The highest BCUT2D eigenvalue weighted by atomic mass is 15.2. The van der Waals surface area contributed by atoms with Gasteiger partial charge in [-0.05, 0) is 39.3 Å². The highest BCUT2D eigenvalue weighted by Gasteiger charge is 2.32. The molecule has 1 aromatic rings. The van der Waals surface area contributed by atoms with Gasteiger partial charge in [-0.25, -0.2) is 0 Å². The number of nitrogens with one attached hydrogen (secondary N) is 1. The standard InChI is InChI=1S/C14H22N2/c1-11-5-7-12(8-6-11)16(4)13-9-14(2,3)15-10-13/h5-8,13,15H,9-10H2,1-4H3. The molecule has 0 spiro atoms. The quantitative estimate of drug-likeness (QED) is 0.820. The van der Waals surface area contributed by atoms with Gasteiger partial charge in [-0.15, -0.1) is 0 Å². The zero-order valence-electron chi connectivity index (χ0n) is 10.7. The Kier molecular flexibility index (Phi) is 2.94. The Hall–Kier alpha value is -1.02. The molecule has 0 saturated carbocycles. The molecule has 0 amide bonds. The maximum absolute atomic E-state index is 3.57. The number of aryl methyl sites for hydroxylation is 1. The molecule has 2 heteroatoms. The van der Waals surface area contributed by atoms with Crippen molar-refractivity contribution >= 4 is 5.69 Å². The van der Waals surface area contributed by atoms with Gasteiger partial charge in [0.15, 0.2) is 0 Å². The van der Waals surface area contributed by atoms with Gasteiger partial charge in [0.25, 0.3) is 0 Å². The first-order valence-corrected chi connectivity index (χ1v) is 6.02. The summed E-state index contributed by atoms with van der Waals surface area (Å²) in [5, 5.41) is 3.57. The molecular formula is C14H22N2. The molecule has 1 aliphatic rings. The number of hydrogen-bond donors (Lipinski definition) is 1. The number of likely N-dealkylation sites (N-methyl/N-ethyl adjacent to an activating group) is 1. The van der Waals surface area contributed by atoms with Crippen LogP contribution in [0.25, 0.3) is 0 Å². The second-order valence-electron chi connectivity index (χ2n) is 5.57. The minimum Gasteiger partial charge on any atom is -0.370 e. The summed E-state index contributed by atoms with van der Waals surface area (Å²) in [4.78, 5) is 2.39. The topological polar surface area (TPSA) is 15.3 Å². The Morgan fingerprint density at radius 2 is 1.88 bits per heavy atom. The Bertz CT molecular complexity index is 354. The summed E-state index contributed by atoms with van der Waals surface area (Å²) in [6.07, 6.45) is 1.21. The van der Waals surface area contributed by atoms with Crippen LogP contribution in [0.5, 0.6) is 0 Å². The van der Waals surface area contributed by atoms with E-state index >= 15 is 0 Å². The van der Waals surface area contributed by atoms with Crippen molar-refractivity contribution in [3.63, 3.8) is 0 Å². The molecule has 2 rings (SSSR count). The minimum atomic E-state index is 0.281. The number of rotatable bonds is 2. The van der Waals surface area contributed by atoms with E-state index in [4.69, 9.17) is 0 Å². The van der Waals surface area contributed by atoms with Gasteiger partial charge in [0.05, 0.1) is 0 Å². The molecule has 0 aliphatic carbocycles. The highest BCUT2D eigenvalue weighted by Crippen LogP contribution is 2.25. The van der Waals surface area contributed by atoms with E-state index in [9.17, 15) is 0 Å². The van der Waals surface area contributed by atoms with Crippen LogP contribution in [-0.4, -0.2) is 25.2 Å². The van der Waals surface area contributed by atoms with Crippen molar-refractivity contribution in [1.82, 2.24) is 5.32 Å². The number of benzene rings is 1. The molecule has 16 heavy (non-hydrogen) atoms. The third-order valence-electron chi connectivity index (χ3n) is 3.55. The fourth-order valence-electron chi connectivity index (χ4n) is 2.39. The number of anilines is 1. The van der Waals surface area contributed by atoms with E-state index in [0.717, 1.165) is 6.54 Å². The summed E-state index contributed by atoms with van der Waals surface area (Å²) in [5.41, 5.74) is 2.92. The van der Waals surface area contributed by atoms with Crippen molar-refractivity contribution in [1.29, 1.82) is 0 Å². The third-order valence-corrected chi connectivity index (χ3v) is 3.55. The van der Waals surface area contributed by atoms with Gasteiger partial charge in [0.1, 0.15) is 0 Å². The van der Waals surface area contributed by atoms with Crippen LogP contribution in [0.3, 0.4) is 0 Å². The summed E-state index contributed by atoms with van der Waals surface area (Å²) in [6, 6.07) is 9.39. The van der Waals surface area contributed by atoms with Crippen molar-refractivity contribution in [3.8, 4) is 0 Å². The molecule has 2 nitrogen and oxygen atoms in total. The first-order chi connectivity index (χ1) is 7.48. The molecule has 0 bridgehead atoms. The average Bonchev–Trinajstić information content (AvgIpc) is 2.59. The van der Waals surface area contributed by atoms with Crippen molar-refractivity contribution in [2.45, 2.75) is 38.8 Å². The van der Waals surface area contributed by atoms with Crippen LogP contribution in [0.1, 0.15) is 25.8 Å². The molecule has 0 radical (unpaired) electrons. The minimum absolute atomic E-state index is 0.281. The van der Waals surface area contributed by atoms with E-state index in [1.165, 1.54) is 17.7 Å². The largest absolute Gasteiger partial charge is 0.370 e. The van der Waals surface area contributed by atoms with E-state index in [0.29, 0.717) is 6.04 Å². The van der Waals surface area contributed by atoms with E-state index in [1.54, 1.807) is 0 Å². The van der Waals surface area contributed by atoms with Gasteiger partial charge >= 0.3 is 0 Å². The lowest BCUT2D eigenvalue weighted by molar-refractivity contribution is 0.454. The van der Waals surface area contributed by atoms with Crippen molar-refractivity contribution in [2.75, 3.05) is 18.5 Å². The second-order valence-corrected chi connectivity index (χ2v) is 5.57. The van der Waals surface area contributed by atoms with E-state index in [1.807, 2.05) is 0 Å². The van der Waals surface area contributed by atoms with Gasteiger partial charge in [-0.2, -0.15) is 0 Å². The SMILES string of the molecule is Cc1ccc(N(C)C2CNC(C)(C)C2)cc1. The van der Waals surface area contributed by atoms with Gasteiger partial charge in [0.2, 0.25) is 0 Å². The van der Waals surface area contributed by atoms with Crippen LogP contribution in [0.4, 0.5) is 5.69 Å². The summed E-state index contributed by atoms with van der Waals surface area (Å²) in [6.45, 7) is 7.76. The normalized spacial score (nSPS) is 23.4. The molecular weight excluding hydrogens is 196 g/mol. The lowest BCUT2D eigenvalue weighted by atomic mass is 10.0. The molecule has 1 N–H and O–H groups in total. The lowest BCUT2D eigenvalue weighted by Gasteiger charge is -2.27. The zero-order valence-corrected chi connectivity index (χ0v) is 10.7. The maximum atomic E-state index is 3.57. The van der Waals surface area contributed by atoms with Crippen LogP contribution in [0.2, 0.25) is 0 Å². The van der Waals surface area contributed by atoms with Gasteiger partial charge in [-0.3, -0.25) is 0 Å². The molecule has 1 aromatic carbocycles. The number of nitrogens with zero attached hydrogens (tertiary/aromatic N) is 1. The van der Waals surface area contributed by atoms with Crippen LogP contribution >= 0.6 is 0 Å². The smallest absolute Gasteiger partial charge is 0.0428 e.